The molecule has 0 heterocycles. The maximum absolute atomic E-state index is 13.4. The second-order valence-corrected chi connectivity index (χ2v) is 13.4. The molecule has 0 aromatic heterocycles. The fraction of sp³-hybridized carbons (Fsp3) is 0.800. The number of hydrogen-bond donors (Lipinski definition) is 1. The van der Waals surface area contributed by atoms with E-state index in [-0.39, 0.29) is 0 Å². The van der Waals surface area contributed by atoms with Gasteiger partial charge in [-0.05, 0) is 97.3 Å². The van der Waals surface area contributed by atoms with Crippen molar-refractivity contribution in [2.75, 3.05) is 0 Å². The Morgan fingerprint density at radius 1 is 0.500 bits per heavy atom. The number of hydrogen-bond acceptors (Lipinski definition) is 2. The molecular formula is C30H46O3S. The summed E-state index contributed by atoms with van der Waals surface area (Å²) in [6.45, 7) is 0. The lowest BCUT2D eigenvalue weighted by atomic mass is 9.70. The van der Waals surface area contributed by atoms with Crippen LogP contribution in [0, 0.1) is 0 Å². The summed E-state index contributed by atoms with van der Waals surface area (Å²) in [7, 11) is -4.29. The third kappa shape index (κ3) is 5.28. The van der Waals surface area contributed by atoms with E-state index in [2.05, 4.69) is 6.07 Å². The molecule has 4 aliphatic carbocycles. The Labute approximate surface area is 208 Å². The third-order valence-electron chi connectivity index (χ3n) is 9.80. The second kappa shape index (κ2) is 11.0. The molecular weight excluding hydrogens is 440 g/mol. The molecule has 4 heteroatoms. The van der Waals surface area contributed by atoms with Crippen LogP contribution < -0.4 is 0 Å². The topological polar surface area (TPSA) is 54.4 Å². The molecule has 1 N–H and O–H groups in total. The third-order valence-corrected chi connectivity index (χ3v) is 10.8. The van der Waals surface area contributed by atoms with Gasteiger partial charge in [0.25, 0.3) is 10.1 Å². The first-order valence-corrected chi connectivity index (χ1v) is 16.2. The lowest BCUT2D eigenvalue weighted by molar-refractivity contribution is 0.393. The van der Waals surface area contributed by atoms with E-state index in [4.69, 9.17) is 0 Å². The molecule has 0 unspecified atom stereocenters. The highest BCUT2D eigenvalue weighted by Gasteiger charge is 2.37. The van der Waals surface area contributed by atoms with Crippen LogP contribution in [0.2, 0.25) is 0 Å². The summed E-state index contributed by atoms with van der Waals surface area (Å²) >= 11 is 0. The van der Waals surface area contributed by atoms with Gasteiger partial charge in [0.1, 0.15) is 4.90 Å². The zero-order valence-corrected chi connectivity index (χ0v) is 22.0. The average Bonchev–Trinajstić information content (AvgIpc) is 2.89. The highest BCUT2D eigenvalue weighted by molar-refractivity contribution is 7.86. The molecule has 0 atom stereocenters. The lowest BCUT2D eigenvalue weighted by Gasteiger charge is -2.37. The smallest absolute Gasteiger partial charge is 0.282 e. The summed E-state index contributed by atoms with van der Waals surface area (Å²) in [5, 5.41) is 0. The van der Waals surface area contributed by atoms with Gasteiger partial charge in [0, 0.05) is 0 Å². The van der Waals surface area contributed by atoms with E-state index in [1.807, 2.05) is 0 Å². The molecule has 190 valence electrons. The lowest BCUT2D eigenvalue weighted by Crippen LogP contribution is -2.23. The molecule has 1 aromatic carbocycles. The van der Waals surface area contributed by atoms with Crippen LogP contribution in [-0.2, 0) is 10.1 Å². The molecule has 0 amide bonds. The molecule has 4 aliphatic rings. The van der Waals surface area contributed by atoms with Crippen LogP contribution >= 0.6 is 0 Å². The summed E-state index contributed by atoms with van der Waals surface area (Å²) in [5.41, 5.74) is 4.82. The Balaban J connectivity index is 1.76. The van der Waals surface area contributed by atoms with Crippen molar-refractivity contribution < 1.29 is 13.0 Å². The minimum Gasteiger partial charge on any atom is -0.282 e. The first kappa shape index (κ1) is 24.8. The zero-order chi connectivity index (χ0) is 23.5. The normalized spacial score (nSPS) is 25.0. The minimum absolute atomic E-state index is 0.297. The van der Waals surface area contributed by atoms with Gasteiger partial charge < -0.3 is 0 Å². The maximum atomic E-state index is 13.4. The van der Waals surface area contributed by atoms with Crippen molar-refractivity contribution in [1.82, 2.24) is 0 Å². The van der Waals surface area contributed by atoms with Gasteiger partial charge in [-0.15, -0.1) is 0 Å². The molecule has 3 nitrogen and oxygen atoms in total. The van der Waals surface area contributed by atoms with Crippen LogP contribution in [0.4, 0.5) is 0 Å². The summed E-state index contributed by atoms with van der Waals surface area (Å²) in [6.07, 6.45) is 23.9. The van der Waals surface area contributed by atoms with Gasteiger partial charge in [0.15, 0.2) is 0 Å². The monoisotopic (exact) mass is 486 g/mol. The number of rotatable bonds is 5. The van der Waals surface area contributed by atoms with Gasteiger partial charge >= 0.3 is 0 Å². The van der Waals surface area contributed by atoms with Crippen molar-refractivity contribution in [2.24, 2.45) is 0 Å². The Kier molecular flexibility index (Phi) is 8.05. The Morgan fingerprint density at radius 2 is 0.794 bits per heavy atom. The first-order chi connectivity index (χ1) is 16.5. The first-order valence-electron chi connectivity index (χ1n) is 14.7. The van der Waals surface area contributed by atoms with Gasteiger partial charge in [0.2, 0.25) is 0 Å². The number of benzene rings is 1. The largest absolute Gasteiger partial charge is 0.295 e. The van der Waals surface area contributed by atoms with Gasteiger partial charge in [-0.25, -0.2) is 0 Å². The van der Waals surface area contributed by atoms with Crippen molar-refractivity contribution in [2.45, 2.75) is 157 Å². The second-order valence-electron chi connectivity index (χ2n) is 12.0. The molecule has 0 aliphatic heterocycles. The Hall–Kier alpha value is -0.870. The molecule has 34 heavy (non-hydrogen) atoms. The molecule has 4 saturated carbocycles. The van der Waals surface area contributed by atoms with Crippen molar-refractivity contribution in [3.05, 3.63) is 28.3 Å². The van der Waals surface area contributed by atoms with Crippen LogP contribution in [0.25, 0.3) is 0 Å². The zero-order valence-electron chi connectivity index (χ0n) is 21.2. The van der Waals surface area contributed by atoms with E-state index in [1.165, 1.54) is 114 Å². The van der Waals surface area contributed by atoms with E-state index in [1.54, 1.807) is 0 Å². The van der Waals surface area contributed by atoms with Crippen LogP contribution in [0.15, 0.2) is 11.0 Å². The van der Waals surface area contributed by atoms with Gasteiger partial charge in [0.05, 0.1) is 0 Å². The van der Waals surface area contributed by atoms with Gasteiger partial charge in [-0.1, -0.05) is 83.1 Å². The van der Waals surface area contributed by atoms with Crippen molar-refractivity contribution in [1.29, 1.82) is 0 Å². The van der Waals surface area contributed by atoms with E-state index < -0.39 is 10.1 Å². The highest BCUT2D eigenvalue weighted by atomic mass is 32.2. The van der Waals surface area contributed by atoms with Crippen LogP contribution in [-0.4, -0.2) is 13.0 Å². The Morgan fingerprint density at radius 3 is 1.09 bits per heavy atom. The van der Waals surface area contributed by atoms with E-state index in [0.29, 0.717) is 28.6 Å². The predicted molar refractivity (Wildman–Crippen MR) is 140 cm³/mol. The molecule has 5 rings (SSSR count). The van der Waals surface area contributed by atoms with E-state index >= 15 is 0 Å². The minimum atomic E-state index is -4.29. The summed E-state index contributed by atoms with van der Waals surface area (Å²) < 4.78 is 37.7. The van der Waals surface area contributed by atoms with Gasteiger partial charge in [-0.2, -0.15) is 8.42 Å². The molecule has 0 bridgehead atoms. The maximum Gasteiger partial charge on any atom is 0.295 e. The average molecular weight is 487 g/mol. The quantitative estimate of drug-likeness (QED) is 0.422. The predicted octanol–water partition coefficient (Wildman–Crippen LogP) is 9.12. The SMILES string of the molecule is O=S(=O)(O)c1c(C2CCCCC2)c(C2CCCCC2)cc(C2CCCCC2)c1C1CCCCC1. The standard InChI is InChI=1S/C30H46O3S/c31-34(32,33)30-28(24-17-9-3-10-18-24)26(22-13-5-1-6-14-22)21-27(23-15-7-2-8-16-23)29(30)25-19-11-4-12-20-25/h21-25H,1-20H2,(H,31,32,33). The fourth-order valence-corrected chi connectivity index (χ4v) is 9.26. The molecule has 4 fully saturated rings. The van der Waals surface area contributed by atoms with Crippen LogP contribution in [0.3, 0.4) is 0 Å². The Bertz CT molecular complexity index is 868. The summed E-state index contributed by atoms with van der Waals surface area (Å²) in [5.74, 6) is 1.53. The van der Waals surface area contributed by atoms with Crippen LogP contribution in [0.1, 0.15) is 174 Å². The van der Waals surface area contributed by atoms with Crippen molar-refractivity contribution in [3.8, 4) is 0 Å². The summed E-state index contributed by atoms with van der Waals surface area (Å²) in [4.78, 5) is 0.412. The highest BCUT2D eigenvalue weighted by Crippen LogP contribution is 2.51. The molecule has 0 spiro atoms. The fourth-order valence-electron chi connectivity index (χ4n) is 8.14. The molecule has 1 aromatic rings. The van der Waals surface area contributed by atoms with Crippen LogP contribution in [0.5, 0.6) is 0 Å². The van der Waals surface area contributed by atoms with Gasteiger partial charge in [-0.3, -0.25) is 4.55 Å². The van der Waals surface area contributed by atoms with E-state index in [0.717, 1.165) is 36.8 Å². The van der Waals surface area contributed by atoms with Crippen molar-refractivity contribution in [3.63, 3.8) is 0 Å². The molecule has 0 radical (unpaired) electrons. The molecule has 0 saturated heterocycles. The van der Waals surface area contributed by atoms with Crippen molar-refractivity contribution >= 4 is 10.1 Å². The van der Waals surface area contributed by atoms with E-state index in [9.17, 15) is 13.0 Å². The summed E-state index contributed by atoms with van der Waals surface area (Å²) in [6, 6.07) is 2.54.